The largest absolute Gasteiger partial charge is 0.354 e. The van der Waals surface area contributed by atoms with Crippen molar-refractivity contribution in [3.63, 3.8) is 0 Å². The number of unbranched alkanes of at least 4 members (excludes halogenated alkanes) is 1. The minimum absolute atomic E-state index is 0.0663. The van der Waals surface area contributed by atoms with Crippen LogP contribution >= 0.6 is 0 Å². The van der Waals surface area contributed by atoms with Gasteiger partial charge in [0.25, 0.3) is 0 Å². The molecular weight excluding hydrogens is 493 g/mol. The maximum absolute atomic E-state index is 13.4. The number of rotatable bonds is 14. The summed E-state index contributed by atoms with van der Waals surface area (Å²) in [7, 11) is -3.57. The molecule has 2 aromatic rings. The first-order valence-electron chi connectivity index (χ1n) is 12.8. The summed E-state index contributed by atoms with van der Waals surface area (Å²) in [5, 5.41) is 2.91. The van der Waals surface area contributed by atoms with Crippen LogP contribution in [0.3, 0.4) is 0 Å². The Morgan fingerprint density at radius 2 is 1.70 bits per heavy atom. The number of anilines is 1. The van der Waals surface area contributed by atoms with Crippen molar-refractivity contribution in [3.8, 4) is 0 Å². The third-order valence-corrected chi connectivity index (χ3v) is 7.45. The predicted molar refractivity (Wildman–Crippen MR) is 146 cm³/mol. The minimum Gasteiger partial charge on any atom is -0.354 e. The molecule has 1 atom stereocenters. The van der Waals surface area contributed by atoms with Gasteiger partial charge in [0, 0.05) is 26.1 Å². The van der Waals surface area contributed by atoms with E-state index in [0.29, 0.717) is 24.2 Å². The van der Waals surface area contributed by atoms with Crippen LogP contribution in [0.1, 0.15) is 62.6 Å². The highest BCUT2D eigenvalue weighted by atomic mass is 32.2. The van der Waals surface area contributed by atoms with Crippen LogP contribution < -0.4 is 9.62 Å². The van der Waals surface area contributed by atoms with Crippen LogP contribution in [0.2, 0.25) is 0 Å². The highest BCUT2D eigenvalue weighted by Crippen LogP contribution is 2.25. The second kappa shape index (κ2) is 14.1. The average molecular weight is 534 g/mol. The van der Waals surface area contributed by atoms with Gasteiger partial charge in [0.2, 0.25) is 21.8 Å². The van der Waals surface area contributed by atoms with Crippen molar-refractivity contribution in [2.45, 2.75) is 72.4 Å². The van der Waals surface area contributed by atoms with Crippen LogP contribution in [-0.2, 0) is 26.2 Å². The molecular formula is C28H40FN3O4S. The van der Waals surface area contributed by atoms with Crippen LogP contribution in [0, 0.1) is 19.7 Å². The van der Waals surface area contributed by atoms with Gasteiger partial charge in [-0.05, 0) is 68.0 Å². The number of carbonyl (C=O) groups is 2. The molecule has 0 saturated carbocycles. The van der Waals surface area contributed by atoms with Gasteiger partial charge in [-0.3, -0.25) is 13.9 Å². The standard InChI is InChI=1S/C28H40FN3O4S/c1-6-8-17-30-28(34)25(7-2)31(20-23-13-15-24(29)16-14-23)27(33)10-9-18-32(37(5,35)36)26-19-21(3)11-12-22(26)4/h11-16,19,25H,6-10,17-18,20H2,1-5H3,(H,30,34). The van der Waals surface area contributed by atoms with Gasteiger partial charge in [-0.25, -0.2) is 12.8 Å². The van der Waals surface area contributed by atoms with Gasteiger partial charge >= 0.3 is 0 Å². The Morgan fingerprint density at radius 1 is 1.03 bits per heavy atom. The van der Waals surface area contributed by atoms with Gasteiger partial charge in [-0.15, -0.1) is 0 Å². The molecule has 2 amide bonds. The van der Waals surface area contributed by atoms with E-state index in [1.165, 1.54) is 21.3 Å². The van der Waals surface area contributed by atoms with Crippen LogP contribution in [0.4, 0.5) is 10.1 Å². The first-order valence-corrected chi connectivity index (χ1v) is 14.7. The van der Waals surface area contributed by atoms with Crippen LogP contribution in [0.5, 0.6) is 0 Å². The van der Waals surface area contributed by atoms with Crippen molar-refractivity contribution >= 4 is 27.5 Å². The van der Waals surface area contributed by atoms with E-state index in [4.69, 9.17) is 0 Å². The molecule has 0 aromatic heterocycles. The van der Waals surface area contributed by atoms with Gasteiger partial charge < -0.3 is 10.2 Å². The summed E-state index contributed by atoms with van der Waals surface area (Å²) >= 11 is 0. The first kappa shape index (κ1) is 30.3. The number of carbonyl (C=O) groups excluding carboxylic acids is 2. The van der Waals surface area contributed by atoms with Crippen molar-refractivity contribution in [3.05, 3.63) is 65.0 Å². The average Bonchev–Trinajstić information content (AvgIpc) is 2.84. The van der Waals surface area contributed by atoms with E-state index >= 15 is 0 Å². The molecule has 0 spiro atoms. The second-order valence-corrected chi connectivity index (χ2v) is 11.4. The van der Waals surface area contributed by atoms with E-state index in [1.807, 2.05) is 45.9 Å². The molecule has 0 saturated heterocycles. The smallest absolute Gasteiger partial charge is 0.242 e. The summed E-state index contributed by atoms with van der Waals surface area (Å²) in [4.78, 5) is 27.9. The third-order valence-electron chi connectivity index (χ3n) is 6.27. The molecule has 0 radical (unpaired) electrons. The highest BCUT2D eigenvalue weighted by Gasteiger charge is 2.29. The van der Waals surface area contributed by atoms with E-state index in [1.54, 1.807) is 12.1 Å². The number of hydrogen-bond acceptors (Lipinski definition) is 4. The van der Waals surface area contributed by atoms with Gasteiger partial charge in [-0.1, -0.05) is 44.5 Å². The zero-order chi connectivity index (χ0) is 27.6. The van der Waals surface area contributed by atoms with Crippen LogP contribution in [0.15, 0.2) is 42.5 Å². The Bertz CT molecular complexity index is 1150. The van der Waals surface area contributed by atoms with E-state index in [-0.39, 0.29) is 43.6 Å². The minimum atomic E-state index is -3.57. The lowest BCUT2D eigenvalue weighted by molar-refractivity contribution is -0.141. The van der Waals surface area contributed by atoms with Gasteiger partial charge in [0.05, 0.1) is 11.9 Å². The Hall–Kier alpha value is -2.94. The lowest BCUT2D eigenvalue weighted by Gasteiger charge is -2.31. The summed E-state index contributed by atoms with van der Waals surface area (Å²) in [6.45, 7) is 8.46. The molecule has 0 aliphatic heterocycles. The maximum Gasteiger partial charge on any atom is 0.242 e. The number of benzene rings is 2. The number of sulfonamides is 1. The summed E-state index contributed by atoms with van der Waals surface area (Å²) in [5.74, 6) is -0.853. The molecule has 9 heteroatoms. The summed E-state index contributed by atoms with van der Waals surface area (Å²) in [6.07, 6.45) is 3.71. The topological polar surface area (TPSA) is 86.8 Å². The lowest BCUT2D eigenvalue weighted by Crippen LogP contribution is -2.49. The fourth-order valence-corrected chi connectivity index (χ4v) is 5.20. The molecule has 2 rings (SSSR count). The number of amides is 2. The van der Waals surface area contributed by atoms with Crippen molar-refractivity contribution in [1.29, 1.82) is 0 Å². The molecule has 0 bridgehead atoms. The highest BCUT2D eigenvalue weighted by molar-refractivity contribution is 7.92. The zero-order valence-electron chi connectivity index (χ0n) is 22.6. The number of nitrogens with zero attached hydrogens (tertiary/aromatic N) is 2. The number of nitrogens with one attached hydrogen (secondary N) is 1. The molecule has 37 heavy (non-hydrogen) atoms. The summed E-state index contributed by atoms with van der Waals surface area (Å²) < 4.78 is 40.0. The summed E-state index contributed by atoms with van der Waals surface area (Å²) in [5.41, 5.74) is 3.08. The lowest BCUT2D eigenvalue weighted by atomic mass is 10.1. The molecule has 1 N–H and O–H groups in total. The van der Waals surface area contributed by atoms with Crippen molar-refractivity contribution in [1.82, 2.24) is 10.2 Å². The Balaban J connectivity index is 2.22. The number of aryl methyl sites for hydroxylation is 2. The second-order valence-electron chi connectivity index (χ2n) is 9.45. The fourth-order valence-electron chi connectivity index (χ4n) is 4.18. The van der Waals surface area contributed by atoms with E-state index in [9.17, 15) is 22.4 Å². The zero-order valence-corrected chi connectivity index (χ0v) is 23.4. The van der Waals surface area contributed by atoms with Crippen molar-refractivity contribution in [2.75, 3.05) is 23.7 Å². The quantitative estimate of drug-likeness (QED) is 0.356. The fraction of sp³-hybridized carbons (Fsp3) is 0.500. The van der Waals surface area contributed by atoms with Gasteiger partial charge in [0.1, 0.15) is 11.9 Å². The monoisotopic (exact) mass is 533 g/mol. The first-order chi connectivity index (χ1) is 17.5. The Morgan fingerprint density at radius 3 is 2.30 bits per heavy atom. The van der Waals surface area contributed by atoms with Crippen LogP contribution in [0.25, 0.3) is 0 Å². The number of hydrogen-bond donors (Lipinski definition) is 1. The predicted octanol–water partition coefficient (Wildman–Crippen LogP) is 4.71. The van der Waals surface area contributed by atoms with E-state index < -0.39 is 16.1 Å². The van der Waals surface area contributed by atoms with Crippen molar-refractivity contribution < 1.29 is 22.4 Å². The normalized spacial score (nSPS) is 12.2. The van der Waals surface area contributed by atoms with Crippen LogP contribution in [-0.4, -0.2) is 50.5 Å². The molecule has 2 aromatic carbocycles. The molecule has 1 unspecified atom stereocenters. The Labute approximate surface area is 221 Å². The van der Waals surface area contributed by atoms with Gasteiger partial charge in [0.15, 0.2) is 0 Å². The molecule has 0 aliphatic rings. The SMILES string of the molecule is CCCCNC(=O)C(CC)N(Cc1ccc(F)cc1)C(=O)CCCN(c1cc(C)ccc1C)S(C)(=O)=O. The molecule has 0 aliphatic carbocycles. The molecule has 204 valence electrons. The van der Waals surface area contributed by atoms with E-state index in [2.05, 4.69) is 5.32 Å². The summed E-state index contributed by atoms with van der Waals surface area (Å²) in [6, 6.07) is 10.8. The molecule has 0 fully saturated rings. The molecule has 7 nitrogen and oxygen atoms in total. The maximum atomic E-state index is 13.4. The van der Waals surface area contributed by atoms with E-state index in [0.717, 1.165) is 30.2 Å². The van der Waals surface area contributed by atoms with Gasteiger partial charge in [-0.2, -0.15) is 0 Å². The Kier molecular flexibility index (Phi) is 11.6. The third kappa shape index (κ3) is 9.14. The molecule has 0 heterocycles. The van der Waals surface area contributed by atoms with Crippen molar-refractivity contribution in [2.24, 2.45) is 0 Å². The number of halogens is 1.